The number of carbonyl (C=O) groups excluding carboxylic acids is 1. The second kappa shape index (κ2) is 7.80. The zero-order valence-electron chi connectivity index (χ0n) is 11.1. The Morgan fingerprint density at radius 1 is 1.53 bits per heavy atom. The molecule has 0 spiro atoms. The van der Waals surface area contributed by atoms with Gasteiger partial charge in [0.25, 0.3) is 0 Å². The zero-order valence-corrected chi connectivity index (χ0v) is 12.7. The molecule has 0 aliphatic heterocycles. The van der Waals surface area contributed by atoms with Crippen molar-refractivity contribution in [2.45, 2.75) is 32.7 Å². The van der Waals surface area contributed by atoms with Gasteiger partial charge in [-0.25, -0.2) is 4.79 Å². The van der Waals surface area contributed by atoms with E-state index in [4.69, 9.17) is 10.00 Å². The Labute approximate surface area is 121 Å². The third-order valence-electron chi connectivity index (χ3n) is 2.58. The molecule has 1 unspecified atom stereocenters. The van der Waals surface area contributed by atoms with E-state index < -0.39 is 0 Å². The Bertz CT molecular complexity index is 483. The molecular formula is C14H17BrN2O2. The van der Waals surface area contributed by atoms with Crippen molar-refractivity contribution in [2.75, 3.05) is 11.9 Å². The van der Waals surface area contributed by atoms with Crippen LogP contribution in [0.2, 0.25) is 0 Å². The van der Waals surface area contributed by atoms with Crippen LogP contribution in [0.25, 0.3) is 0 Å². The molecule has 0 heterocycles. The van der Waals surface area contributed by atoms with Crippen LogP contribution in [-0.4, -0.2) is 18.6 Å². The molecule has 1 atom stereocenters. The highest BCUT2D eigenvalue weighted by Crippen LogP contribution is 2.25. The number of esters is 1. The minimum atomic E-state index is -0.366. The van der Waals surface area contributed by atoms with Gasteiger partial charge in [-0.2, -0.15) is 5.26 Å². The molecule has 1 rings (SSSR count). The number of anilines is 1. The third kappa shape index (κ3) is 4.56. The lowest BCUT2D eigenvalue weighted by Gasteiger charge is -2.18. The Morgan fingerprint density at radius 2 is 2.26 bits per heavy atom. The summed E-state index contributed by atoms with van der Waals surface area (Å²) in [6, 6.07) is 6.91. The molecule has 4 nitrogen and oxygen atoms in total. The van der Waals surface area contributed by atoms with E-state index in [1.165, 1.54) is 0 Å². The third-order valence-corrected chi connectivity index (χ3v) is 3.23. The van der Waals surface area contributed by atoms with Crippen molar-refractivity contribution >= 4 is 27.6 Å². The second-order valence-electron chi connectivity index (χ2n) is 4.04. The van der Waals surface area contributed by atoms with Crippen LogP contribution in [0.3, 0.4) is 0 Å². The van der Waals surface area contributed by atoms with E-state index in [0.717, 1.165) is 16.6 Å². The maximum Gasteiger partial charge on any atom is 0.328 e. The van der Waals surface area contributed by atoms with Crippen molar-refractivity contribution in [3.05, 3.63) is 28.2 Å². The van der Waals surface area contributed by atoms with Gasteiger partial charge in [0.05, 0.1) is 18.2 Å². The quantitative estimate of drug-likeness (QED) is 0.814. The molecule has 0 saturated carbocycles. The van der Waals surface area contributed by atoms with Crippen LogP contribution < -0.4 is 5.32 Å². The molecule has 0 aromatic heterocycles. The van der Waals surface area contributed by atoms with Gasteiger partial charge in [-0.3, -0.25) is 0 Å². The summed E-state index contributed by atoms with van der Waals surface area (Å²) in [6.07, 6.45) is 1.58. The molecule has 1 N–H and O–H groups in total. The zero-order chi connectivity index (χ0) is 14.3. The predicted octanol–water partition coefficient (Wildman–Crippen LogP) is 3.46. The molecule has 0 fully saturated rings. The van der Waals surface area contributed by atoms with E-state index in [0.29, 0.717) is 18.6 Å². The van der Waals surface area contributed by atoms with Gasteiger partial charge in [-0.05, 0) is 47.5 Å². The number of hydrogen-bond donors (Lipinski definition) is 1. The van der Waals surface area contributed by atoms with Crippen LogP contribution in [0.1, 0.15) is 32.3 Å². The normalized spacial score (nSPS) is 11.5. The van der Waals surface area contributed by atoms with Crippen molar-refractivity contribution in [1.29, 1.82) is 5.26 Å². The van der Waals surface area contributed by atoms with Crippen LogP contribution in [0.5, 0.6) is 0 Å². The summed E-state index contributed by atoms with van der Waals surface area (Å²) in [5, 5.41) is 12.0. The second-order valence-corrected chi connectivity index (χ2v) is 4.90. The van der Waals surface area contributed by atoms with Crippen LogP contribution in [0.4, 0.5) is 5.69 Å². The first kappa shape index (κ1) is 15.5. The monoisotopic (exact) mass is 324 g/mol. The average molecular weight is 325 g/mol. The van der Waals surface area contributed by atoms with Gasteiger partial charge in [0.1, 0.15) is 6.04 Å². The number of carbonyl (C=O) groups is 1. The van der Waals surface area contributed by atoms with Crippen LogP contribution in [0, 0.1) is 11.3 Å². The number of hydrogen-bond acceptors (Lipinski definition) is 4. The molecule has 1 aromatic carbocycles. The van der Waals surface area contributed by atoms with Gasteiger partial charge < -0.3 is 10.1 Å². The molecule has 0 bridgehead atoms. The van der Waals surface area contributed by atoms with Crippen molar-refractivity contribution in [3.8, 4) is 6.07 Å². The standard InChI is InChI=1S/C14H17BrN2O2/c1-3-5-13(14(18)19-4-2)17-12-7-6-10(9-16)8-11(12)15/h6-8,13,17H,3-5H2,1-2H3. The van der Waals surface area contributed by atoms with Crippen molar-refractivity contribution < 1.29 is 9.53 Å². The summed E-state index contributed by atoms with van der Waals surface area (Å²) in [7, 11) is 0. The highest BCUT2D eigenvalue weighted by molar-refractivity contribution is 9.10. The predicted molar refractivity (Wildman–Crippen MR) is 77.8 cm³/mol. The lowest BCUT2D eigenvalue weighted by Crippen LogP contribution is -2.31. The molecule has 0 aliphatic carbocycles. The van der Waals surface area contributed by atoms with Gasteiger partial charge >= 0.3 is 5.97 Å². The first-order chi connectivity index (χ1) is 9.12. The summed E-state index contributed by atoms with van der Waals surface area (Å²) < 4.78 is 5.81. The Kier molecular flexibility index (Phi) is 6.37. The van der Waals surface area contributed by atoms with Crippen molar-refractivity contribution in [3.63, 3.8) is 0 Å². The Morgan fingerprint density at radius 3 is 2.79 bits per heavy atom. The number of rotatable bonds is 6. The maximum absolute atomic E-state index is 11.8. The molecule has 102 valence electrons. The number of halogens is 1. The first-order valence-corrected chi connectivity index (χ1v) is 7.04. The van der Waals surface area contributed by atoms with Gasteiger partial charge in [0.2, 0.25) is 0 Å². The van der Waals surface area contributed by atoms with Crippen molar-refractivity contribution in [1.82, 2.24) is 0 Å². The lowest BCUT2D eigenvalue weighted by molar-refractivity contribution is -0.144. The average Bonchev–Trinajstić information content (AvgIpc) is 2.40. The summed E-state index contributed by atoms with van der Waals surface area (Å²) in [5.41, 5.74) is 1.35. The number of nitrogens with one attached hydrogen (secondary N) is 1. The summed E-state index contributed by atoms with van der Waals surface area (Å²) in [6.45, 7) is 4.18. The van der Waals surface area contributed by atoms with E-state index in [2.05, 4.69) is 27.3 Å². The molecule has 1 aromatic rings. The number of nitriles is 1. The topological polar surface area (TPSA) is 62.1 Å². The number of ether oxygens (including phenoxy) is 1. The fourth-order valence-electron chi connectivity index (χ4n) is 1.67. The highest BCUT2D eigenvalue weighted by Gasteiger charge is 2.19. The van der Waals surface area contributed by atoms with E-state index >= 15 is 0 Å². The molecule has 19 heavy (non-hydrogen) atoms. The SMILES string of the molecule is CCCC(Nc1ccc(C#N)cc1Br)C(=O)OCC. The minimum Gasteiger partial charge on any atom is -0.464 e. The molecule has 0 radical (unpaired) electrons. The summed E-state index contributed by atoms with van der Waals surface area (Å²) >= 11 is 3.39. The van der Waals surface area contributed by atoms with E-state index in [1.54, 1.807) is 25.1 Å². The van der Waals surface area contributed by atoms with Crippen LogP contribution in [-0.2, 0) is 9.53 Å². The van der Waals surface area contributed by atoms with E-state index in [1.807, 2.05) is 6.92 Å². The number of benzene rings is 1. The molecule has 0 aliphatic rings. The smallest absolute Gasteiger partial charge is 0.328 e. The van der Waals surface area contributed by atoms with Crippen molar-refractivity contribution in [2.24, 2.45) is 0 Å². The largest absolute Gasteiger partial charge is 0.464 e. The van der Waals surface area contributed by atoms with Crippen LogP contribution in [0.15, 0.2) is 22.7 Å². The first-order valence-electron chi connectivity index (χ1n) is 6.25. The van der Waals surface area contributed by atoms with Gasteiger partial charge in [0, 0.05) is 10.2 Å². The fourth-order valence-corrected chi connectivity index (χ4v) is 2.16. The molecule has 5 heteroatoms. The minimum absolute atomic E-state index is 0.249. The Hall–Kier alpha value is -1.54. The number of nitrogens with zero attached hydrogens (tertiary/aromatic N) is 1. The fraction of sp³-hybridized carbons (Fsp3) is 0.429. The Balaban J connectivity index is 2.84. The maximum atomic E-state index is 11.8. The molecule has 0 saturated heterocycles. The van der Waals surface area contributed by atoms with Gasteiger partial charge in [-0.15, -0.1) is 0 Å². The van der Waals surface area contributed by atoms with Gasteiger partial charge in [-0.1, -0.05) is 13.3 Å². The summed E-state index contributed by atoms with van der Waals surface area (Å²) in [4.78, 5) is 11.8. The lowest BCUT2D eigenvalue weighted by atomic mass is 10.1. The van der Waals surface area contributed by atoms with E-state index in [-0.39, 0.29) is 12.0 Å². The van der Waals surface area contributed by atoms with E-state index in [9.17, 15) is 4.79 Å². The highest BCUT2D eigenvalue weighted by atomic mass is 79.9. The summed E-state index contributed by atoms with van der Waals surface area (Å²) in [5.74, 6) is -0.249. The molecule has 0 amide bonds. The molecular weight excluding hydrogens is 308 g/mol. The van der Waals surface area contributed by atoms with Gasteiger partial charge in [0.15, 0.2) is 0 Å². The van der Waals surface area contributed by atoms with Crippen LogP contribution >= 0.6 is 15.9 Å².